The number of methoxy groups -OCH3 is 2. The molecule has 21 heavy (non-hydrogen) atoms. The molecule has 0 saturated carbocycles. The highest BCUT2D eigenvalue weighted by molar-refractivity contribution is 5.96. The van der Waals surface area contributed by atoms with Crippen LogP contribution in [0.5, 0.6) is 5.75 Å². The number of nitrogen functional groups attached to an aromatic ring is 1. The maximum absolute atomic E-state index is 11.1. The highest BCUT2D eigenvalue weighted by Crippen LogP contribution is 2.32. The summed E-state index contributed by atoms with van der Waals surface area (Å²) < 4.78 is 10.1. The number of carbonyl (C=O) groups excluding carboxylic acids is 1. The fraction of sp³-hybridized carbons (Fsp3) is 0.353. The van der Waals surface area contributed by atoms with Crippen molar-refractivity contribution in [3.05, 3.63) is 35.9 Å². The number of fused-ring (bicyclic) bond motifs is 1. The van der Waals surface area contributed by atoms with E-state index in [0.717, 1.165) is 47.0 Å². The molecule has 0 aliphatic heterocycles. The van der Waals surface area contributed by atoms with Gasteiger partial charge in [-0.3, -0.25) is 4.79 Å². The van der Waals surface area contributed by atoms with Gasteiger partial charge < -0.3 is 15.2 Å². The number of anilines is 1. The number of unbranched alkanes of at least 4 members (excludes halogenated alkanes) is 1. The van der Waals surface area contributed by atoms with E-state index in [2.05, 4.69) is 10.8 Å². The average molecular weight is 287 g/mol. The molecule has 2 rings (SSSR count). The highest BCUT2D eigenvalue weighted by atomic mass is 16.5. The van der Waals surface area contributed by atoms with Crippen molar-refractivity contribution in [1.29, 1.82) is 0 Å². The number of esters is 1. The minimum atomic E-state index is -0.163. The van der Waals surface area contributed by atoms with E-state index in [1.165, 1.54) is 7.11 Å². The van der Waals surface area contributed by atoms with E-state index < -0.39 is 0 Å². The van der Waals surface area contributed by atoms with E-state index in [9.17, 15) is 4.79 Å². The molecule has 0 unspecified atom stereocenters. The topological polar surface area (TPSA) is 61.5 Å². The molecule has 0 saturated heterocycles. The van der Waals surface area contributed by atoms with E-state index >= 15 is 0 Å². The van der Waals surface area contributed by atoms with Crippen molar-refractivity contribution in [1.82, 2.24) is 0 Å². The van der Waals surface area contributed by atoms with Crippen molar-refractivity contribution in [3.63, 3.8) is 0 Å². The Hall–Kier alpha value is -2.23. The highest BCUT2D eigenvalue weighted by Gasteiger charge is 2.10. The predicted molar refractivity (Wildman–Crippen MR) is 84.5 cm³/mol. The molecule has 0 bridgehead atoms. The first-order valence-corrected chi connectivity index (χ1v) is 7.08. The standard InChI is InChI=1S/C17H21NO3/c1-20-16-11-10-13-12(7-5-8-15(13)18)14(16)6-3-4-9-17(19)21-2/h5,7-8,10-11H,3-4,6,9,18H2,1-2H3. The lowest BCUT2D eigenvalue weighted by Crippen LogP contribution is -2.01. The van der Waals surface area contributed by atoms with Gasteiger partial charge in [0.15, 0.2) is 0 Å². The molecule has 0 amide bonds. The quantitative estimate of drug-likeness (QED) is 0.503. The van der Waals surface area contributed by atoms with Gasteiger partial charge in [0, 0.05) is 23.1 Å². The number of benzene rings is 2. The van der Waals surface area contributed by atoms with Gasteiger partial charge in [0.1, 0.15) is 5.75 Å². The second-order valence-corrected chi connectivity index (χ2v) is 4.97. The lowest BCUT2D eigenvalue weighted by atomic mass is 9.97. The molecule has 0 atom stereocenters. The van der Waals surface area contributed by atoms with Crippen LogP contribution in [-0.4, -0.2) is 20.2 Å². The van der Waals surface area contributed by atoms with Crippen LogP contribution in [0.2, 0.25) is 0 Å². The smallest absolute Gasteiger partial charge is 0.305 e. The van der Waals surface area contributed by atoms with E-state index in [4.69, 9.17) is 10.5 Å². The van der Waals surface area contributed by atoms with Gasteiger partial charge in [-0.1, -0.05) is 12.1 Å². The Balaban J connectivity index is 2.20. The molecule has 2 N–H and O–H groups in total. The number of hydrogen-bond acceptors (Lipinski definition) is 4. The van der Waals surface area contributed by atoms with E-state index in [-0.39, 0.29) is 5.97 Å². The molecule has 0 spiro atoms. The van der Waals surface area contributed by atoms with Gasteiger partial charge in [0.05, 0.1) is 14.2 Å². The molecule has 0 aliphatic carbocycles. The number of ether oxygens (including phenoxy) is 2. The van der Waals surface area contributed by atoms with Crippen molar-refractivity contribution >= 4 is 22.4 Å². The SMILES string of the molecule is COC(=O)CCCCc1c(OC)ccc2c(N)cccc12. The molecule has 4 heteroatoms. The van der Waals surface area contributed by atoms with Gasteiger partial charge in [-0.2, -0.15) is 0 Å². The molecule has 0 radical (unpaired) electrons. The fourth-order valence-electron chi connectivity index (χ4n) is 2.55. The first-order valence-electron chi connectivity index (χ1n) is 7.08. The molecule has 0 aromatic heterocycles. The van der Waals surface area contributed by atoms with Crippen LogP contribution in [0.3, 0.4) is 0 Å². The number of carbonyl (C=O) groups is 1. The third-order valence-corrected chi connectivity index (χ3v) is 3.67. The van der Waals surface area contributed by atoms with Crippen molar-refractivity contribution < 1.29 is 14.3 Å². The van der Waals surface area contributed by atoms with Gasteiger partial charge in [0.25, 0.3) is 0 Å². The second-order valence-electron chi connectivity index (χ2n) is 4.97. The Morgan fingerprint density at radius 3 is 2.62 bits per heavy atom. The number of aryl methyl sites for hydroxylation is 1. The largest absolute Gasteiger partial charge is 0.496 e. The van der Waals surface area contributed by atoms with Crippen molar-refractivity contribution in [3.8, 4) is 5.75 Å². The molecule has 2 aromatic carbocycles. The summed E-state index contributed by atoms with van der Waals surface area (Å²) in [5.41, 5.74) is 7.94. The second kappa shape index (κ2) is 6.97. The van der Waals surface area contributed by atoms with Crippen LogP contribution in [-0.2, 0) is 16.0 Å². The summed E-state index contributed by atoms with van der Waals surface area (Å²) in [5, 5.41) is 2.16. The predicted octanol–water partition coefficient (Wildman–Crippen LogP) is 3.32. The summed E-state index contributed by atoms with van der Waals surface area (Å²) in [6.07, 6.45) is 3.00. The third-order valence-electron chi connectivity index (χ3n) is 3.67. The van der Waals surface area contributed by atoms with Crippen LogP contribution in [0.4, 0.5) is 5.69 Å². The van der Waals surface area contributed by atoms with Crippen molar-refractivity contribution in [2.24, 2.45) is 0 Å². The van der Waals surface area contributed by atoms with Crippen molar-refractivity contribution in [2.45, 2.75) is 25.7 Å². The molecule has 0 fully saturated rings. The summed E-state index contributed by atoms with van der Waals surface area (Å²) in [7, 11) is 3.09. The number of nitrogens with two attached hydrogens (primary N) is 1. The zero-order chi connectivity index (χ0) is 15.2. The van der Waals surface area contributed by atoms with Gasteiger partial charge in [-0.25, -0.2) is 0 Å². The van der Waals surface area contributed by atoms with Crippen LogP contribution < -0.4 is 10.5 Å². The van der Waals surface area contributed by atoms with E-state index in [1.807, 2.05) is 24.3 Å². The Kier molecular flexibility index (Phi) is 5.04. The maximum Gasteiger partial charge on any atom is 0.305 e. The maximum atomic E-state index is 11.1. The Labute approximate surface area is 124 Å². The Morgan fingerprint density at radius 2 is 1.90 bits per heavy atom. The first-order chi connectivity index (χ1) is 10.2. The molecule has 4 nitrogen and oxygen atoms in total. The molecular formula is C17H21NO3. The molecule has 2 aromatic rings. The summed E-state index contributed by atoms with van der Waals surface area (Å²) in [6, 6.07) is 9.85. The van der Waals surface area contributed by atoms with Crippen LogP contribution >= 0.6 is 0 Å². The molecule has 0 aliphatic rings. The van der Waals surface area contributed by atoms with Gasteiger partial charge >= 0.3 is 5.97 Å². The normalized spacial score (nSPS) is 10.6. The van der Waals surface area contributed by atoms with Crippen LogP contribution in [0.15, 0.2) is 30.3 Å². The third kappa shape index (κ3) is 3.45. The monoisotopic (exact) mass is 287 g/mol. The Bertz CT molecular complexity index is 637. The summed E-state index contributed by atoms with van der Waals surface area (Å²) in [4.78, 5) is 11.1. The lowest BCUT2D eigenvalue weighted by molar-refractivity contribution is -0.140. The minimum Gasteiger partial charge on any atom is -0.496 e. The van der Waals surface area contributed by atoms with Crippen LogP contribution in [0.25, 0.3) is 10.8 Å². The van der Waals surface area contributed by atoms with Gasteiger partial charge in [0.2, 0.25) is 0 Å². The van der Waals surface area contributed by atoms with Crippen LogP contribution in [0, 0.1) is 0 Å². The average Bonchev–Trinajstić information content (AvgIpc) is 2.51. The minimum absolute atomic E-state index is 0.163. The summed E-state index contributed by atoms with van der Waals surface area (Å²) in [5.74, 6) is 0.704. The lowest BCUT2D eigenvalue weighted by Gasteiger charge is -2.13. The number of hydrogen-bond donors (Lipinski definition) is 1. The number of rotatable bonds is 6. The Morgan fingerprint density at radius 1 is 1.10 bits per heavy atom. The van der Waals surface area contributed by atoms with E-state index in [1.54, 1.807) is 7.11 Å². The van der Waals surface area contributed by atoms with Gasteiger partial charge in [-0.15, -0.1) is 0 Å². The van der Waals surface area contributed by atoms with E-state index in [0.29, 0.717) is 6.42 Å². The zero-order valence-electron chi connectivity index (χ0n) is 12.5. The molecule has 0 heterocycles. The molecule has 112 valence electrons. The van der Waals surface area contributed by atoms with Gasteiger partial charge in [-0.05, 0) is 42.8 Å². The molecular weight excluding hydrogens is 266 g/mol. The fourth-order valence-corrected chi connectivity index (χ4v) is 2.55. The van der Waals surface area contributed by atoms with Crippen molar-refractivity contribution in [2.75, 3.05) is 20.0 Å². The zero-order valence-corrected chi connectivity index (χ0v) is 12.5. The summed E-state index contributed by atoms with van der Waals surface area (Å²) >= 11 is 0. The summed E-state index contributed by atoms with van der Waals surface area (Å²) in [6.45, 7) is 0. The van der Waals surface area contributed by atoms with Crippen LogP contribution in [0.1, 0.15) is 24.8 Å². The first kappa shape index (κ1) is 15.2.